The Balaban J connectivity index is 1.68. The second-order valence-electron chi connectivity index (χ2n) is 8.32. The summed E-state index contributed by atoms with van der Waals surface area (Å²) in [6.45, 7) is 5.75. The molecule has 0 bridgehead atoms. The fourth-order valence-corrected chi connectivity index (χ4v) is 3.82. The highest BCUT2D eigenvalue weighted by molar-refractivity contribution is 6.05. The lowest BCUT2D eigenvalue weighted by molar-refractivity contribution is 0.0927. The highest BCUT2D eigenvalue weighted by Crippen LogP contribution is 2.29. The van der Waals surface area contributed by atoms with Crippen LogP contribution in [-0.4, -0.2) is 31.1 Å². The minimum absolute atomic E-state index is 0.00468. The second-order valence-corrected chi connectivity index (χ2v) is 8.32. The van der Waals surface area contributed by atoms with Crippen LogP contribution in [0.3, 0.4) is 0 Å². The van der Waals surface area contributed by atoms with Crippen molar-refractivity contribution in [3.8, 4) is 11.5 Å². The molecule has 2 N–H and O–H groups in total. The molecule has 0 aliphatic heterocycles. The van der Waals surface area contributed by atoms with Crippen molar-refractivity contribution in [3.63, 3.8) is 0 Å². The van der Waals surface area contributed by atoms with Gasteiger partial charge >= 0.3 is 0 Å². The molecule has 2 aromatic carbocycles. The van der Waals surface area contributed by atoms with E-state index in [1.807, 2.05) is 26.8 Å². The molecule has 6 nitrogen and oxygen atoms in total. The van der Waals surface area contributed by atoms with E-state index in [1.165, 1.54) is 19.3 Å². The molecule has 0 radical (unpaired) electrons. The number of hydrogen-bond donors (Lipinski definition) is 2. The van der Waals surface area contributed by atoms with E-state index in [0.717, 1.165) is 18.4 Å². The third-order valence-electron chi connectivity index (χ3n) is 5.47. The third kappa shape index (κ3) is 6.00. The molecule has 0 heterocycles. The van der Waals surface area contributed by atoms with Gasteiger partial charge in [-0.1, -0.05) is 19.3 Å². The van der Waals surface area contributed by atoms with Crippen molar-refractivity contribution >= 4 is 17.5 Å². The Kier molecular flexibility index (Phi) is 7.55. The minimum atomic E-state index is -0.253. The summed E-state index contributed by atoms with van der Waals surface area (Å²) in [5, 5.41) is 6.05. The van der Waals surface area contributed by atoms with Gasteiger partial charge in [0.15, 0.2) is 11.5 Å². The molecular formula is C25H32N2O4. The van der Waals surface area contributed by atoms with Gasteiger partial charge in [-0.15, -0.1) is 0 Å². The first-order chi connectivity index (χ1) is 14.9. The van der Waals surface area contributed by atoms with E-state index in [-0.39, 0.29) is 24.0 Å². The maximum Gasteiger partial charge on any atom is 0.255 e. The molecule has 0 aromatic heterocycles. The number of carbonyl (C=O) groups is 2. The van der Waals surface area contributed by atoms with Crippen molar-refractivity contribution in [1.29, 1.82) is 0 Å². The summed E-state index contributed by atoms with van der Waals surface area (Å²) in [6, 6.07) is 10.7. The van der Waals surface area contributed by atoms with Crippen LogP contribution >= 0.6 is 0 Å². The van der Waals surface area contributed by atoms with Crippen LogP contribution in [0.5, 0.6) is 11.5 Å². The van der Waals surface area contributed by atoms with Crippen LogP contribution in [-0.2, 0) is 0 Å². The third-order valence-corrected chi connectivity index (χ3v) is 5.47. The molecule has 166 valence electrons. The average Bonchev–Trinajstić information content (AvgIpc) is 2.75. The summed E-state index contributed by atoms with van der Waals surface area (Å²) < 4.78 is 11.1. The topological polar surface area (TPSA) is 76.7 Å². The van der Waals surface area contributed by atoms with Gasteiger partial charge in [-0.05, 0) is 75.6 Å². The van der Waals surface area contributed by atoms with Crippen molar-refractivity contribution in [2.75, 3.05) is 12.4 Å². The Labute approximate surface area is 184 Å². The molecule has 1 aliphatic rings. The van der Waals surface area contributed by atoms with Gasteiger partial charge in [0.1, 0.15) is 0 Å². The Morgan fingerprint density at radius 2 is 1.61 bits per heavy atom. The molecule has 1 fully saturated rings. The highest BCUT2D eigenvalue weighted by Gasteiger charge is 2.18. The van der Waals surface area contributed by atoms with Crippen LogP contribution in [0.15, 0.2) is 36.4 Å². The number of benzene rings is 2. The van der Waals surface area contributed by atoms with E-state index in [4.69, 9.17) is 9.47 Å². The van der Waals surface area contributed by atoms with Gasteiger partial charge in [-0.3, -0.25) is 9.59 Å². The van der Waals surface area contributed by atoms with Gasteiger partial charge in [-0.25, -0.2) is 0 Å². The fourth-order valence-electron chi connectivity index (χ4n) is 3.82. The number of rotatable bonds is 7. The normalized spacial score (nSPS) is 14.2. The monoisotopic (exact) mass is 424 g/mol. The molecule has 0 unspecified atom stereocenters. The standard InChI is InChI=1S/C25H32N2O4/c1-16(2)31-22-13-11-19(15-23(22)30-4)25(29)27-21-12-10-18(14-17(21)3)24(28)26-20-8-6-5-7-9-20/h10-16,20H,5-9H2,1-4H3,(H,26,28)(H,27,29). The first kappa shape index (κ1) is 22.7. The molecule has 3 rings (SSSR count). The van der Waals surface area contributed by atoms with Gasteiger partial charge < -0.3 is 20.1 Å². The zero-order valence-corrected chi connectivity index (χ0v) is 18.8. The van der Waals surface area contributed by atoms with Gasteiger partial charge in [0.05, 0.1) is 13.2 Å². The van der Waals surface area contributed by atoms with Crippen LogP contribution in [0.25, 0.3) is 0 Å². The minimum Gasteiger partial charge on any atom is -0.493 e. The van der Waals surface area contributed by atoms with Gasteiger partial charge in [0, 0.05) is 22.9 Å². The van der Waals surface area contributed by atoms with E-state index in [9.17, 15) is 9.59 Å². The maximum atomic E-state index is 12.8. The number of hydrogen-bond acceptors (Lipinski definition) is 4. The lowest BCUT2D eigenvalue weighted by Gasteiger charge is -2.23. The number of ether oxygens (including phenoxy) is 2. The number of amides is 2. The Bertz CT molecular complexity index is 933. The van der Waals surface area contributed by atoms with Crippen molar-refractivity contribution in [3.05, 3.63) is 53.1 Å². The van der Waals surface area contributed by atoms with Crippen LogP contribution in [0, 0.1) is 6.92 Å². The molecule has 1 saturated carbocycles. The van der Waals surface area contributed by atoms with Crippen molar-refractivity contribution in [2.24, 2.45) is 0 Å². The van der Waals surface area contributed by atoms with Gasteiger partial charge in [0.25, 0.3) is 11.8 Å². The Morgan fingerprint density at radius 3 is 2.26 bits per heavy atom. The summed E-state index contributed by atoms with van der Waals surface area (Å²) in [4.78, 5) is 25.3. The van der Waals surface area contributed by atoms with Gasteiger partial charge in [0.2, 0.25) is 0 Å². The fraction of sp³-hybridized carbons (Fsp3) is 0.440. The van der Waals surface area contributed by atoms with Crippen LogP contribution in [0.1, 0.15) is 72.2 Å². The summed E-state index contributed by atoms with van der Waals surface area (Å²) in [5.41, 5.74) is 2.57. The molecule has 0 atom stereocenters. The van der Waals surface area contributed by atoms with E-state index < -0.39 is 0 Å². The van der Waals surface area contributed by atoms with Crippen LogP contribution in [0.4, 0.5) is 5.69 Å². The van der Waals surface area contributed by atoms with E-state index in [0.29, 0.717) is 28.3 Å². The SMILES string of the molecule is COc1cc(C(=O)Nc2ccc(C(=O)NC3CCCCC3)cc2C)ccc1OC(C)C. The van der Waals surface area contributed by atoms with E-state index in [2.05, 4.69) is 10.6 Å². The van der Waals surface area contributed by atoms with Crippen molar-refractivity contribution in [1.82, 2.24) is 5.32 Å². The summed E-state index contributed by atoms with van der Waals surface area (Å²) in [7, 11) is 1.55. The first-order valence-corrected chi connectivity index (χ1v) is 10.9. The largest absolute Gasteiger partial charge is 0.493 e. The van der Waals surface area contributed by atoms with Crippen LogP contribution in [0.2, 0.25) is 0 Å². The second kappa shape index (κ2) is 10.3. The quantitative estimate of drug-likeness (QED) is 0.648. The average molecular weight is 425 g/mol. The van der Waals surface area contributed by atoms with Crippen molar-refractivity contribution in [2.45, 2.75) is 65.0 Å². The van der Waals surface area contributed by atoms with Gasteiger partial charge in [-0.2, -0.15) is 0 Å². The molecule has 1 aliphatic carbocycles. The predicted octanol–water partition coefficient (Wildman–Crippen LogP) is 5.11. The van der Waals surface area contributed by atoms with E-state index >= 15 is 0 Å². The number of methoxy groups -OCH3 is 1. The molecule has 2 amide bonds. The number of carbonyl (C=O) groups excluding carboxylic acids is 2. The Morgan fingerprint density at radius 1 is 0.935 bits per heavy atom. The zero-order chi connectivity index (χ0) is 22.4. The molecule has 31 heavy (non-hydrogen) atoms. The summed E-state index contributed by atoms with van der Waals surface area (Å²) in [6.07, 6.45) is 5.69. The van der Waals surface area contributed by atoms with Crippen molar-refractivity contribution < 1.29 is 19.1 Å². The zero-order valence-electron chi connectivity index (χ0n) is 18.8. The highest BCUT2D eigenvalue weighted by atomic mass is 16.5. The maximum absolute atomic E-state index is 12.8. The van der Waals surface area contributed by atoms with Crippen LogP contribution < -0.4 is 20.1 Å². The Hall–Kier alpha value is -3.02. The number of aryl methyl sites for hydroxylation is 1. The predicted molar refractivity (Wildman–Crippen MR) is 122 cm³/mol. The molecule has 6 heteroatoms. The number of nitrogens with one attached hydrogen (secondary N) is 2. The van der Waals surface area contributed by atoms with E-state index in [1.54, 1.807) is 37.4 Å². The number of anilines is 1. The lowest BCUT2D eigenvalue weighted by Crippen LogP contribution is -2.36. The smallest absolute Gasteiger partial charge is 0.255 e. The lowest BCUT2D eigenvalue weighted by atomic mass is 9.95. The molecule has 2 aromatic rings. The molecule has 0 spiro atoms. The summed E-state index contributed by atoms with van der Waals surface area (Å²) >= 11 is 0. The summed E-state index contributed by atoms with van der Waals surface area (Å²) in [5.74, 6) is 0.793. The molecule has 0 saturated heterocycles. The first-order valence-electron chi connectivity index (χ1n) is 10.9. The molecular weight excluding hydrogens is 392 g/mol.